The van der Waals surface area contributed by atoms with Gasteiger partial charge < -0.3 is 30.5 Å². The molecule has 12 heteroatoms. The molecule has 0 fully saturated rings. The predicted molar refractivity (Wildman–Crippen MR) is 250 cm³/mol. The first-order chi connectivity index (χ1) is 31.0. The van der Waals surface area contributed by atoms with E-state index < -0.39 is 0 Å². The molecule has 0 radical (unpaired) electrons. The van der Waals surface area contributed by atoms with Gasteiger partial charge in [-0.15, -0.1) is 0 Å². The van der Waals surface area contributed by atoms with E-state index in [1.165, 1.54) is 0 Å². The molecule has 7 aromatic carbocycles. The first-order valence-electron chi connectivity index (χ1n) is 20.3. The number of aliphatic hydroxyl groups excluding tert-OH is 1. The number of methoxy groups -OCH3 is 2. The van der Waals surface area contributed by atoms with Crippen LogP contribution in [0.15, 0.2) is 164 Å². The molecule has 63 heavy (non-hydrogen) atoms. The second kappa shape index (κ2) is 16.9. The summed E-state index contributed by atoms with van der Waals surface area (Å²) in [4.78, 5) is 30.8. The number of para-hydroxylation sites is 3. The summed E-state index contributed by atoms with van der Waals surface area (Å²) in [5, 5.41) is 22.8. The van der Waals surface area contributed by atoms with Gasteiger partial charge in [0.25, 0.3) is 0 Å². The SMILES string of the molecule is COc1ccc(Nc2nc(-c3cc(-c4nc(Nc5ccc(CO)cc5)c5ccccc5n4)cc(-c4nc(Nc5ccc(OC)cc5)c5ccccc5n4)c3)nc3ccccc23)cc1. The molecule has 0 spiro atoms. The summed E-state index contributed by atoms with van der Waals surface area (Å²) < 4.78 is 10.8. The van der Waals surface area contributed by atoms with Gasteiger partial charge in [0.05, 0.1) is 37.4 Å². The Morgan fingerprint density at radius 2 is 0.714 bits per heavy atom. The Kier molecular flexibility index (Phi) is 10.4. The number of aromatic nitrogens is 6. The lowest BCUT2D eigenvalue weighted by atomic mass is 10.0. The van der Waals surface area contributed by atoms with Gasteiger partial charge in [0.15, 0.2) is 17.5 Å². The highest BCUT2D eigenvalue weighted by Crippen LogP contribution is 2.36. The third kappa shape index (κ3) is 8.09. The van der Waals surface area contributed by atoms with Crippen molar-refractivity contribution in [3.63, 3.8) is 0 Å². The van der Waals surface area contributed by atoms with Gasteiger partial charge in [0.1, 0.15) is 29.0 Å². The third-order valence-electron chi connectivity index (χ3n) is 10.6. The highest BCUT2D eigenvalue weighted by Gasteiger charge is 2.19. The number of anilines is 6. The van der Waals surface area contributed by atoms with Crippen molar-refractivity contribution >= 4 is 67.2 Å². The van der Waals surface area contributed by atoms with E-state index >= 15 is 0 Å². The third-order valence-corrected chi connectivity index (χ3v) is 10.6. The number of rotatable bonds is 12. The number of hydrogen-bond donors (Lipinski definition) is 4. The van der Waals surface area contributed by atoms with Gasteiger partial charge in [-0.3, -0.25) is 0 Å². The molecule has 0 aliphatic rings. The quantitative estimate of drug-likeness (QED) is 0.0927. The Morgan fingerprint density at radius 1 is 0.397 bits per heavy atom. The molecule has 0 unspecified atom stereocenters. The van der Waals surface area contributed by atoms with Crippen molar-refractivity contribution in [1.29, 1.82) is 0 Å². The van der Waals surface area contributed by atoms with Crippen LogP contribution >= 0.6 is 0 Å². The second-order valence-corrected chi connectivity index (χ2v) is 14.7. The monoisotopic (exact) mass is 825 g/mol. The van der Waals surface area contributed by atoms with Gasteiger partial charge in [-0.1, -0.05) is 48.5 Å². The molecule has 10 rings (SSSR count). The number of nitrogens with one attached hydrogen (secondary N) is 3. The van der Waals surface area contributed by atoms with E-state index in [2.05, 4.69) is 16.0 Å². The van der Waals surface area contributed by atoms with Crippen LogP contribution in [0.1, 0.15) is 5.56 Å². The van der Waals surface area contributed by atoms with Crippen molar-refractivity contribution in [2.24, 2.45) is 0 Å². The molecular weight excluding hydrogens is 787 g/mol. The molecule has 0 aliphatic heterocycles. The number of aliphatic hydroxyl groups is 1. The minimum Gasteiger partial charge on any atom is -0.497 e. The fraction of sp³-hybridized carbons (Fsp3) is 0.0588. The average molecular weight is 826 g/mol. The summed E-state index contributed by atoms with van der Waals surface area (Å²) in [6.45, 7) is -0.0422. The molecule has 3 heterocycles. The average Bonchev–Trinajstić information content (AvgIpc) is 3.34. The van der Waals surface area contributed by atoms with E-state index in [4.69, 9.17) is 39.4 Å². The van der Waals surface area contributed by atoms with Crippen LogP contribution in [0.4, 0.5) is 34.5 Å². The van der Waals surface area contributed by atoms with Crippen molar-refractivity contribution in [2.75, 3.05) is 30.2 Å². The lowest BCUT2D eigenvalue weighted by molar-refractivity contribution is 0.282. The zero-order valence-electron chi connectivity index (χ0n) is 34.2. The van der Waals surface area contributed by atoms with E-state index in [1.807, 2.05) is 164 Å². The molecule has 0 saturated heterocycles. The zero-order chi connectivity index (χ0) is 42.7. The number of ether oxygens (including phenoxy) is 2. The Hall–Kier alpha value is -8.48. The molecule has 0 bridgehead atoms. The van der Waals surface area contributed by atoms with Gasteiger partial charge in [-0.2, -0.15) is 0 Å². The predicted octanol–water partition coefficient (Wildman–Crippen LogP) is 11.3. The summed E-state index contributed by atoms with van der Waals surface area (Å²) in [6, 6.07) is 52.8. The molecule has 0 amide bonds. The van der Waals surface area contributed by atoms with E-state index in [1.54, 1.807) is 14.2 Å². The van der Waals surface area contributed by atoms with E-state index in [-0.39, 0.29) is 6.61 Å². The Bertz CT molecular complexity index is 2910. The topological polar surface area (TPSA) is 152 Å². The minimum atomic E-state index is -0.0422. The molecule has 0 saturated carbocycles. The summed E-state index contributed by atoms with van der Waals surface area (Å²) in [5.41, 5.74) is 7.72. The van der Waals surface area contributed by atoms with Crippen LogP contribution in [0, 0.1) is 0 Å². The minimum absolute atomic E-state index is 0.0422. The smallest absolute Gasteiger partial charge is 0.162 e. The van der Waals surface area contributed by atoms with Crippen molar-refractivity contribution in [1.82, 2.24) is 29.9 Å². The Morgan fingerprint density at radius 3 is 1.03 bits per heavy atom. The highest BCUT2D eigenvalue weighted by atomic mass is 16.5. The second-order valence-electron chi connectivity index (χ2n) is 14.7. The maximum absolute atomic E-state index is 9.66. The summed E-state index contributed by atoms with van der Waals surface area (Å²) in [6.07, 6.45) is 0. The molecular formula is C51H39N9O3. The largest absolute Gasteiger partial charge is 0.497 e. The molecule has 12 nitrogen and oxygen atoms in total. The van der Waals surface area contributed by atoms with Crippen molar-refractivity contribution in [2.45, 2.75) is 6.61 Å². The molecule has 0 atom stereocenters. The van der Waals surface area contributed by atoms with Gasteiger partial charge in [-0.05, 0) is 121 Å². The van der Waals surface area contributed by atoms with Crippen LogP contribution in [0.5, 0.6) is 11.5 Å². The van der Waals surface area contributed by atoms with Crippen LogP contribution in [0.3, 0.4) is 0 Å². The van der Waals surface area contributed by atoms with Gasteiger partial charge in [-0.25, -0.2) is 29.9 Å². The van der Waals surface area contributed by atoms with Gasteiger partial charge >= 0.3 is 0 Å². The van der Waals surface area contributed by atoms with Crippen molar-refractivity contribution in [3.05, 3.63) is 169 Å². The molecule has 0 aliphatic carbocycles. The van der Waals surface area contributed by atoms with Crippen molar-refractivity contribution in [3.8, 4) is 45.7 Å². The lowest BCUT2D eigenvalue weighted by Crippen LogP contribution is -2.02. The summed E-state index contributed by atoms with van der Waals surface area (Å²) in [5.74, 6) is 4.85. The molecule has 4 N–H and O–H groups in total. The number of hydrogen-bond acceptors (Lipinski definition) is 12. The highest BCUT2D eigenvalue weighted by molar-refractivity contribution is 5.96. The van der Waals surface area contributed by atoms with Gasteiger partial charge in [0.2, 0.25) is 0 Å². The maximum Gasteiger partial charge on any atom is 0.162 e. The molecule has 306 valence electrons. The lowest BCUT2D eigenvalue weighted by Gasteiger charge is -2.15. The normalized spacial score (nSPS) is 11.2. The standard InChI is InChI=1S/C51H39N9O3/c1-62-38-23-19-36(20-24-38)53-50-41-10-4-7-13-44(41)56-47(59-50)33-27-32(46-55-43-12-6-3-9-40(43)49(58-46)52-35-17-15-31(30-61)16-18-35)28-34(29-33)48-57-45-14-8-5-11-42(45)51(60-48)54-37-21-25-39(63-2)26-22-37/h3-29,61H,30H2,1-2H3,(H,52,55,58)(H,53,56,59)(H,54,57,60). The first kappa shape index (κ1) is 38.7. The Balaban J connectivity index is 1.16. The maximum atomic E-state index is 9.66. The van der Waals surface area contributed by atoms with Crippen LogP contribution in [0.25, 0.3) is 66.9 Å². The van der Waals surface area contributed by atoms with Crippen molar-refractivity contribution < 1.29 is 14.6 Å². The van der Waals surface area contributed by atoms with E-state index in [0.29, 0.717) is 51.6 Å². The van der Waals surface area contributed by atoms with Crippen LogP contribution in [0.2, 0.25) is 0 Å². The zero-order valence-corrected chi connectivity index (χ0v) is 34.2. The van der Waals surface area contributed by atoms with E-state index in [0.717, 1.165) is 66.8 Å². The number of fused-ring (bicyclic) bond motifs is 3. The molecule has 3 aromatic heterocycles. The number of benzene rings is 7. The fourth-order valence-electron chi connectivity index (χ4n) is 7.37. The number of nitrogens with zero attached hydrogens (tertiary/aromatic N) is 6. The Labute approximate surface area is 362 Å². The fourth-order valence-corrected chi connectivity index (χ4v) is 7.37. The summed E-state index contributed by atoms with van der Waals surface area (Å²) >= 11 is 0. The van der Waals surface area contributed by atoms with Crippen LogP contribution < -0.4 is 25.4 Å². The van der Waals surface area contributed by atoms with Gasteiger partial charge in [0, 0.05) is 49.9 Å². The molecule has 10 aromatic rings. The van der Waals surface area contributed by atoms with Crippen LogP contribution in [-0.2, 0) is 6.61 Å². The van der Waals surface area contributed by atoms with Crippen LogP contribution in [-0.4, -0.2) is 49.2 Å². The summed E-state index contributed by atoms with van der Waals surface area (Å²) in [7, 11) is 3.29. The first-order valence-corrected chi connectivity index (χ1v) is 20.3. The van der Waals surface area contributed by atoms with E-state index in [9.17, 15) is 5.11 Å².